The number of sulfonamides is 1. The highest BCUT2D eigenvalue weighted by Crippen LogP contribution is 2.32. The Bertz CT molecular complexity index is 551. The van der Waals surface area contributed by atoms with E-state index >= 15 is 0 Å². The summed E-state index contributed by atoms with van der Waals surface area (Å²) in [6.07, 6.45) is 0. The van der Waals surface area contributed by atoms with Crippen LogP contribution in [0.3, 0.4) is 0 Å². The number of aromatic nitrogens is 2. The van der Waals surface area contributed by atoms with Crippen LogP contribution in [-0.2, 0) is 16.6 Å². The number of hydrogen-bond donors (Lipinski definition) is 0. The second-order valence-corrected chi connectivity index (χ2v) is 7.65. The molecule has 0 radical (unpaired) electrons. The van der Waals surface area contributed by atoms with Crippen LogP contribution in [0.25, 0.3) is 0 Å². The van der Waals surface area contributed by atoms with Crippen molar-refractivity contribution in [2.75, 3.05) is 12.3 Å². The molecule has 1 aliphatic rings. The monoisotopic (exact) mass is 289 g/mol. The minimum atomic E-state index is -3.41. The Morgan fingerprint density at radius 3 is 2.56 bits per heavy atom. The van der Waals surface area contributed by atoms with Gasteiger partial charge in [0.15, 0.2) is 0 Å². The van der Waals surface area contributed by atoms with Crippen LogP contribution >= 0.6 is 11.8 Å². The normalized spacial score (nSPS) is 21.7. The van der Waals surface area contributed by atoms with Crippen molar-refractivity contribution >= 4 is 21.8 Å². The lowest BCUT2D eigenvalue weighted by Crippen LogP contribution is -2.33. The Labute approximate surface area is 113 Å². The van der Waals surface area contributed by atoms with Gasteiger partial charge in [0.2, 0.25) is 10.0 Å². The van der Waals surface area contributed by atoms with E-state index in [4.69, 9.17) is 0 Å². The number of hydrogen-bond acceptors (Lipinski definition) is 4. The number of rotatable bonds is 3. The molecule has 5 nitrogen and oxygen atoms in total. The maximum atomic E-state index is 12.7. The van der Waals surface area contributed by atoms with Gasteiger partial charge in [-0.15, -0.1) is 11.8 Å². The summed E-state index contributed by atoms with van der Waals surface area (Å²) in [5.41, 5.74) is 1.33. The number of thioether (sulfide) groups is 1. The average molecular weight is 289 g/mol. The van der Waals surface area contributed by atoms with Crippen molar-refractivity contribution < 1.29 is 8.42 Å². The zero-order chi connectivity index (χ0) is 13.5. The molecule has 1 fully saturated rings. The first kappa shape index (κ1) is 13.9. The van der Waals surface area contributed by atoms with E-state index in [1.165, 1.54) is 0 Å². The van der Waals surface area contributed by atoms with Crippen LogP contribution < -0.4 is 0 Å². The molecule has 0 aromatic carbocycles. The summed E-state index contributed by atoms with van der Waals surface area (Å²) in [5, 5.41) is 4.31. The summed E-state index contributed by atoms with van der Waals surface area (Å²) in [4.78, 5) is 0.388. The third kappa shape index (κ3) is 2.08. The molecule has 0 saturated carbocycles. The fraction of sp³-hybridized carbons (Fsp3) is 0.727. The van der Waals surface area contributed by atoms with E-state index in [0.29, 0.717) is 23.7 Å². The third-order valence-corrected chi connectivity index (χ3v) is 6.77. The molecule has 0 bridgehead atoms. The van der Waals surface area contributed by atoms with Crippen molar-refractivity contribution in [3.8, 4) is 0 Å². The van der Waals surface area contributed by atoms with Crippen LogP contribution in [-0.4, -0.2) is 40.2 Å². The molecule has 2 heterocycles. The lowest BCUT2D eigenvalue weighted by Gasteiger charge is -2.20. The van der Waals surface area contributed by atoms with Crippen LogP contribution in [0.1, 0.15) is 25.2 Å². The first-order chi connectivity index (χ1) is 8.39. The summed E-state index contributed by atoms with van der Waals surface area (Å²) in [6, 6.07) is 0. The zero-order valence-electron chi connectivity index (χ0n) is 11.2. The van der Waals surface area contributed by atoms with Crippen molar-refractivity contribution in [3.05, 3.63) is 11.4 Å². The molecule has 7 heteroatoms. The Morgan fingerprint density at radius 2 is 2.11 bits per heavy atom. The second-order valence-electron chi connectivity index (χ2n) is 4.40. The first-order valence-electron chi connectivity index (χ1n) is 6.07. The average Bonchev–Trinajstić information content (AvgIpc) is 2.83. The Kier molecular flexibility index (Phi) is 3.75. The maximum absolute atomic E-state index is 12.7. The molecule has 1 aromatic heterocycles. The van der Waals surface area contributed by atoms with Gasteiger partial charge in [-0.3, -0.25) is 4.68 Å². The van der Waals surface area contributed by atoms with E-state index in [2.05, 4.69) is 5.10 Å². The second kappa shape index (κ2) is 4.86. The van der Waals surface area contributed by atoms with Crippen molar-refractivity contribution in [1.82, 2.24) is 14.1 Å². The lowest BCUT2D eigenvalue weighted by atomic mass is 10.4. The fourth-order valence-corrected chi connectivity index (χ4v) is 5.78. The number of nitrogens with zero attached hydrogens (tertiary/aromatic N) is 3. The van der Waals surface area contributed by atoms with Crippen LogP contribution in [0.15, 0.2) is 4.90 Å². The minimum Gasteiger partial charge on any atom is -0.268 e. The van der Waals surface area contributed by atoms with E-state index in [-0.39, 0.29) is 5.37 Å². The molecular formula is C11H19N3O2S2. The Morgan fingerprint density at radius 1 is 1.44 bits per heavy atom. The Hall–Kier alpha value is -0.530. The summed E-state index contributed by atoms with van der Waals surface area (Å²) < 4.78 is 28.7. The van der Waals surface area contributed by atoms with Gasteiger partial charge in [0.1, 0.15) is 4.90 Å². The predicted molar refractivity (Wildman–Crippen MR) is 73.2 cm³/mol. The highest BCUT2D eigenvalue weighted by Gasteiger charge is 2.36. The minimum absolute atomic E-state index is 0.0128. The highest BCUT2D eigenvalue weighted by atomic mass is 32.2. The maximum Gasteiger partial charge on any atom is 0.247 e. The molecule has 18 heavy (non-hydrogen) atoms. The molecule has 2 rings (SSSR count). The summed E-state index contributed by atoms with van der Waals surface area (Å²) >= 11 is 1.67. The van der Waals surface area contributed by atoms with Crippen molar-refractivity contribution in [1.29, 1.82) is 0 Å². The van der Waals surface area contributed by atoms with Gasteiger partial charge in [-0.05, 0) is 27.7 Å². The van der Waals surface area contributed by atoms with E-state index in [1.807, 2.05) is 20.8 Å². The lowest BCUT2D eigenvalue weighted by molar-refractivity contribution is 0.441. The smallest absolute Gasteiger partial charge is 0.247 e. The molecule has 1 saturated heterocycles. The van der Waals surface area contributed by atoms with Crippen molar-refractivity contribution in [3.63, 3.8) is 0 Å². The van der Waals surface area contributed by atoms with E-state index in [9.17, 15) is 8.42 Å². The van der Waals surface area contributed by atoms with E-state index in [0.717, 1.165) is 11.4 Å². The molecule has 0 N–H and O–H groups in total. The molecule has 0 amide bonds. The van der Waals surface area contributed by atoms with Gasteiger partial charge in [0.05, 0.1) is 16.8 Å². The third-order valence-electron chi connectivity index (χ3n) is 3.26. The molecule has 0 spiro atoms. The van der Waals surface area contributed by atoms with Crippen LogP contribution in [0, 0.1) is 13.8 Å². The van der Waals surface area contributed by atoms with Crippen LogP contribution in [0.5, 0.6) is 0 Å². The zero-order valence-corrected chi connectivity index (χ0v) is 12.8. The van der Waals surface area contributed by atoms with E-state index in [1.54, 1.807) is 27.7 Å². The Balaban J connectivity index is 2.51. The molecule has 1 unspecified atom stereocenters. The standard InChI is InChI=1S/C11H19N3O2S2/c1-5-13-9(3)11(8(2)12-13)18(15,16)14-6-7-17-10(14)4/h10H,5-7H2,1-4H3. The van der Waals surface area contributed by atoms with Crippen molar-refractivity contribution in [2.24, 2.45) is 0 Å². The molecule has 1 aromatic rings. The molecule has 0 aliphatic carbocycles. The van der Waals surface area contributed by atoms with E-state index < -0.39 is 10.0 Å². The largest absolute Gasteiger partial charge is 0.268 e. The summed E-state index contributed by atoms with van der Waals surface area (Å²) in [6.45, 7) is 8.76. The van der Waals surface area contributed by atoms with Gasteiger partial charge < -0.3 is 0 Å². The van der Waals surface area contributed by atoms with Gasteiger partial charge in [-0.2, -0.15) is 9.40 Å². The highest BCUT2D eigenvalue weighted by molar-refractivity contribution is 8.01. The quantitative estimate of drug-likeness (QED) is 0.848. The van der Waals surface area contributed by atoms with Gasteiger partial charge in [0, 0.05) is 18.8 Å². The number of aryl methyl sites for hydroxylation is 2. The van der Waals surface area contributed by atoms with Gasteiger partial charge in [0.25, 0.3) is 0 Å². The summed E-state index contributed by atoms with van der Waals surface area (Å²) in [7, 11) is -3.41. The first-order valence-corrected chi connectivity index (χ1v) is 8.56. The van der Waals surface area contributed by atoms with Gasteiger partial charge in [-0.25, -0.2) is 8.42 Å². The topological polar surface area (TPSA) is 55.2 Å². The SMILES string of the molecule is CCn1nc(C)c(S(=O)(=O)N2CCSC2C)c1C. The molecule has 1 atom stereocenters. The van der Waals surface area contributed by atoms with Crippen LogP contribution in [0.4, 0.5) is 0 Å². The molecule has 1 aliphatic heterocycles. The summed E-state index contributed by atoms with van der Waals surface area (Å²) in [5.74, 6) is 0.862. The fourth-order valence-electron chi connectivity index (χ4n) is 2.37. The van der Waals surface area contributed by atoms with Crippen molar-refractivity contribution in [2.45, 2.75) is 44.5 Å². The van der Waals surface area contributed by atoms with Gasteiger partial charge in [-0.1, -0.05) is 0 Å². The molecule has 102 valence electrons. The molecular weight excluding hydrogens is 270 g/mol. The van der Waals surface area contributed by atoms with Gasteiger partial charge >= 0.3 is 0 Å². The predicted octanol–water partition coefficient (Wildman–Crippen LogP) is 1.60. The van der Waals surface area contributed by atoms with Crippen LogP contribution in [0.2, 0.25) is 0 Å².